The van der Waals surface area contributed by atoms with E-state index in [9.17, 15) is 18.0 Å². The molecule has 6 heteroatoms. The van der Waals surface area contributed by atoms with Gasteiger partial charge in [0.2, 0.25) is 0 Å². The summed E-state index contributed by atoms with van der Waals surface area (Å²) in [5.41, 5.74) is -0.309. The van der Waals surface area contributed by atoms with Crippen LogP contribution in [0, 0.1) is 17.5 Å². The van der Waals surface area contributed by atoms with Crippen LogP contribution >= 0.6 is 0 Å². The van der Waals surface area contributed by atoms with Gasteiger partial charge in [0, 0.05) is 12.1 Å². The van der Waals surface area contributed by atoms with E-state index >= 15 is 0 Å². The van der Waals surface area contributed by atoms with Gasteiger partial charge >= 0.3 is 6.09 Å². The van der Waals surface area contributed by atoms with Crippen molar-refractivity contribution in [1.82, 2.24) is 0 Å². The monoisotopic (exact) mass is 217 g/mol. The standard InChI is InChI=1S/C9H6F3NO2/c10-5-3-7(12)8(4-6(5)11)13-1-2-15-9(13)14/h3-4H,1-2H2. The minimum atomic E-state index is -1.29. The Morgan fingerprint density at radius 2 is 1.80 bits per heavy atom. The fourth-order valence-corrected chi connectivity index (χ4v) is 1.33. The highest BCUT2D eigenvalue weighted by molar-refractivity contribution is 5.89. The van der Waals surface area contributed by atoms with Gasteiger partial charge in [-0.1, -0.05) is 0 Å². The van der Waals surface area contributed by atoms with Gasteiger partial charge in [-0.25, -0.2) is 18.0 Å². The van der Waals surface area contributed by atoms with Crippen molar-refractivity contribution in [2.24, 2.45) is 0 Å². The summed E-state index contributed by atoms with van der Waals surface area (Å²) in [4.78, 5) is 12.0. The topological polar surface area (TPSA) is 29.5 Å². The number of cyclic esters (lactones) is 1. The fourth-order valence-electron chi connectivity index (χ4n) is 1.33. The summed E-state index contributed by atoms with van der Waals surface area (Å²) in [6.45, 7) is 0.234. The molecule has 1 aliphatic rings. The molecule has 2 rings (SSSR count). The van der Waals surface area contributed by atoms with Crippen LogP contribution in [0.2, 0.25) is 0 Å². The molecule has 0 atom stereocenters. The zero-order valence-electron chi connectivity index (χ0n) is 7.47. The molecule has 1 saturated heterocycles. The molecule has 0 radical (unpaired) electrons. The number of carbonyl (C=O) groups is 1. The van der Waals surface area contributed by atoms with Crippen molar-refractivity contribution in [3.05, 3.63) is 29.6 Å². The van der Waals surface area contributed by atoms with Crippen LogP contribution in [-0.4, -0.2) is 19.2 Å². The molecule has 0 aromatic heterocycles. The quantitative estimate of drug-likeness (QED) is 0.674. The van der Waals surface area contributed by atoms with E-state index in [1.165, 1.54) is 0 Å². The first-order chi connectivity index (χ1) is 7.09. The van der Waals surface area contributed by atoms with Crippen LogP contribution in [0.4, 0.5) is 23.7 Å². The Hall–Kier alpha value is -1.72. The predicted octanol–water partition coefficient (Wildman–Crippen LogP) is 2.06. The number of halogens is 3. The summed E-state index contributed by atoms with van der Waals surface area (Å²) in [5, 5.41) is 0. The Morgan fingerprint density at radius 1 is 1.13 bits per heavy atom. The lowest BCUT2D eigenvalue weighted by Crippen LogP contribution is -2.24. The Morgan fingerprint density at radius 3 is 2.40 bits per heavy atom. The van der Waals surface area contributed by atoms with E-state index in [2.05, 4.69) is 4.74 Å². The van der Waals surface area contributed by atoms with E-state index in [0.29, 0.717) is 12.1 Å². The number of amides is 1. The molecule has 0 unspecified atom stereocenters. The van der Waals surface area contributed by atoms with Gasteiger partial charge in [0.1, 0.15) is 12.4 Å². The van der Waals surface area contributed by atoms with Crippen LogP contribution in [0.1, 0.15) is 0 Å². The molecule has 0 N–H and O–H groups in total. The lowest BCUT2D eigenvalue weighted by molar-refractivity contribution is 0.181. The molecule has 1 fully saturated rings. The van der Waals surface area contributed by atoms with E-state index in [1.807, 2.05) is 0 Å². The molecule has 0 spiro atoms. The predicted molar refractivity (Wildman–Crippen MR) is 45.0 cm³/mol. The average molecular weight is 217 g/mol. The number of hydrogen-bond donors (Lipinski definition) is 0. The third-order valence-corrected chi connectivity index (χ3v) is 2.04. The van der Waals surface area contributed by atoms with Gasteiger partial charge in [0.15, 0.2) is 11.6 Å². The third kappa shape index (κ3) is 1.62. The van der Waals surface area contributed by atoms with Gasteiger partial charge in [0.25, 0.3) is 0 Å². The van der Waals surface area contributed by atoms with Crippen LogP contribution in [0.5, 0.6) is 0 Å². The van der Waals surface area contributed by atoms with Gasteiger partial charge < -0.3 is 4.74 Å². The van der Waals surface area contributed by atoms with E-state index in [4.69, 9.17) is 0 Å². The van der Waals surface area contributed by atoms with Crippen molar-refractivity contribution in [3.63, 3.8) is 0 Å². The van der Waals surface area contributed by atoms with E-state index in [1.54, 1.807) is 0 Å². The summed E-state index contributed by atoms with van der Waals surface area (Å²) in [7, 11) is 0. The number of rotatable bonds is 1. The number of nitrogens with zero attached hydrogens (tertiary/aromatic N) is 1. The zero-order valence-corrected chi connectivity index (χ0v) is 7.47. The molecule has 0 aliphatic carbocycles. The van der Waals surface area contributed by atoms with Crippen molar-refractivity contribution in [3.8, 4) is 0 Å². The van der Waals surface area contributed by atoms with E-state index in [0.717, 1.165) is 4.90 Å². The summed E-state index contributed by atoms with van der Waals surface area (Å²) in [6, 6.07) is 1.04. The van der Waals surface area contributed by atoms with Crippen LogP contribution in [-0.2, 0) is 4.74 Å². The van der Waals surface area contributed by atoms with Crippen LogP contribution in [0.25, 0.3) is 0 Å². The lowest BCUT2D eigenvalue weighted by Gasteiger charge is -2.13. The smallest absolute Gasteiger partial charge is 0.414 e. The number of benzene rings is 1. The van der Waals surface area contributed by atoms with Gasteiger partial charge in [-0.05, 0) is 0 Å². The number of ether oxygens (including phenoxy) is 1. The maximum absolute atomic E-state index is 13.2. The molecule has 1 amide bonds. The first-order valence-electron chi connectivity index (χ1n) is 4.18. The maximum Gasteiger partial charge on any atom is 0.414 e. The average Bonchev–Trinajstić information content (AvgIpc) is 2.58. The number of carbonyl (C=O) groups excluding carboxylic acids is 1. The van der Waals surface area contributed by atoms with Gasteiger partial charge in [-0.15, -0.1) is 0 Å². The second kappa shape index (κ2) is 3.45. The van der Waals surface area contributed by atoms with Crippen LogP contribution < -0.4 is 4.90 Å². The molecule has 1 aromatic rings. The van der Waals surface area contributed by atoms with Gasteiger partial charge in [-0.2, -0.15) is 0 Å². The molecular weight excluding hydrogens is 211 g/mol. The lowest BCUT2D eigenvalue weighted by atomic mass is 10.2. The zero-order chi connectivity index (χ0) is 11.0. The van der Waals surface area contributed by atoms with Crippen molar-refractivity contribution in [1.29, 1.82) is 0 Å². The molecule has 1 heterocycles. The molecule has 1 aliphatic heterocycles. The molecule has 3 nitrogen and oxygen atoms in total. The second-order valence-electron chi connectivity index (χ2n) is 2.98. The van der Waals surface area contributed by atoms with Gasteiger partial charge in [-0.3, -0.25) is 4.90 Å². The Labute approximate surface area is 83.1 Å². The Kier molecular flexibility index (Phi) is 2.26. The van der Waals surface area contributed by atoms with Crippen molar-refractivity contribution >= 4 is 11.8 Å². The maximum atomic E-state index is 13.2. The number of hydrogen-bond acceptors (Lipinski definition) is 2. The highest BCUT2D eigenvalue weighted by Gasteiger charge is 2.27. The Balaban J connectivity index is 2.43. The summed E-state index contributed by atoms with van der Waals surface area (Å²) >= 11 is 0. The SMILES string of the molecule is O=C1OCCN1c1cc(F)c(F)cc1F. The molecule has 1 aromatic carbocycles. The molecular formula is C9H6F3NO2. The van der Waals surface area contributed by atoms with E-state index in [-0.39, 0.29) is 18.8 Å². The summed E-state index contributed by atoms with van der Waals surface area (Å²) < 4.78 is 43.2. The van der Waals surface area contributed by atoms with Crippen molar-refractivity contribution in [2.75, 3.05) is 18.1 Å². The normalized spacial score (nSPS) is 15.7. The summed E-state index contributed by atoms with van der Waals surface area (Å²) in [6.07, 6.45) is -0.764. The highest BCUT2D eigenvalue weighted by atomic mass is 19.2. The Bertz CT molecular complexity index is 422. The van der Waals surface area contributed by atoms with Crippen molar-refractivity contribution in [2.45, 2.75) is 0 Å². The van der Waals surface area contributed by atoms with E-state index < -0.39 is 23.5 Å². The highest BCUT2D eigenvalue weighted by Crippen LogP contribution is 2.24. The minimum absolute atomic E-state index is 0.108. The minimum Gasteiger partial charge on any atom is -0.447 e. The first kappa shape index (κ1) is 9.82. The summed E-state index contributed by atoms with van der Waals surface area (Å²) in [5.74, 6) is -3.48. The second-order valence-corrected chi connectivity index (χ2v) is 2.98. The fraction of sp³-hybridized carbons (Fsp3) is 0.222. The number of anilines is 1. The van der Waals surface area contributed by atoms with Crippen LogP contribution in [0.15, 0.2) is 12.1 Å². The molecule has 0 saturated carbocycles. The van der Waals surface area contributed by atoms with Crippen molar-refractivity contribution < 1.29 is 22.7 Å². The first-order valence-corrected chi connectivity index (χ1v) is 4.18. The largest absolute Gasteiger partial charge is 0.447 e. The molecule has 15 heavy (non-hydrogen) atoms. The molecule has 0 bridgehead atoms. The third-order valence-electron chi connectivity index (χ3n) is 2.04. The van der Waals surface area contributed by atoms with Crippen LogP contribution in [0.3, 0.4) is 0 Å². The van der Waals surface area contributed by atoms with Gasteiger partial charge in [0.05, 0.1) is 12.2 Å². The molecule has 80 valence electrons.